The maximum Gasteiger partial charge on any atom is 0.332 e. The number of hydrazone groups is 1. The van der Waals surface area contributed by atoms with Crippen LogP contribution in [0.3, 0.4) is 0 Å². The number of urea groups is 1. The molecule has 2 amide bonds. The number of nitriles is 1. The molecule has 0 bridgehead atoms. The van der Waals surface area contributed by atoms with Crippen molar-refractivity contribution in [2.75, 3.05) is 0 Å². The largest absolute Gasteiger partial charge is 0.350 e. The highest BCUT2D eigenvalue weighted by atomic mass is 16.2. The summed E-state index contributed by atoms with van der Waals surface area (Å²) in [5.41, 5.74) is 6.88. The fourth-order valence-corrected chi connectivity index (χ4v) is 0.306. The first-order valence-electron chi connectivity index (χ1n) is 2.72. The van der Waals surface area contributed by atoms with Crippen LogP contribution < -0.4 is 11.2 Å². The summed E-state index contributed by atoms with van der Waals surface area (Å²) in [6, 6.07) is 1.02. The third-order valence-corrected chi connectivity index (χ3v) is 0.765. The SMILES string of the molecule is CCC(C#N)=NNC(N)=O. The Morgan fingerprint density at radius 1 is 1.90 bits per heavy atom. The van der Waals surface area contributed by atoms with E-state index in [2.05, 4.69) is 10.8 Å². The number of rotatable bonds is 2. The van der Waals surface area contributed by atoms with Crippen LogP contribution in [-0.2, 0) is 0 Å². The first kappa shape index (κ1) is 8.43. The minimum absolute atomic E-state index is 0.249. The molecule has 0 saturated heterocycles. The number of carbonyl (C=O) groups is 1. The van der Waals surface area contributed by atoms with Gasteiger partial charge in [0.15, 0.2) is 0 Å². The maximum absolute atomic E-state index is 10.0. The molecule has 0 aliphatic heterocycles. The molecular weight excluding hydrogens is 132 g/mol. The van der Waals surface area contributed by atoms with Gasteiger partial charge in [-0.05, 0) is 6.42 Å². The minimum atomic E-state index is -0.763. The quantitative estimate of drug-likeness (QED) is 0.415. The molecule has 0 aromatic rings. The Hall–Kier alpha value is -1.57. The molecule has 0 aliphatic carbocycles. The van der Waals surface area contributed by atoms with Gasteiger partial charge in [-0.1, -0.05) is 6.92 Å². The van der Waals surface area contributed by atoms with Crippen LogP contribution in [0.15, 0.2) is 5.10 Å². The summed E-state index contributed by atoms with van der Waals surface area (Å²) in [4.78, 5) is 10.0. The third-order valence-electron chi connectivity index (χ3n) is 0.765. The number of nitrogens with one attached hydrogen (secondary N) is 1. The average molecular weight is 140 g/mol. The number of nitrogens with two attached hydrogens (primary N) is 1. The average Bonchev–Trinajstić information content (AvgIpc) is 1.90. The van der Waals surface area contributed by atoms with Gasteiger partial charge in [0.1, 0.15) is 11.8 Å². The van der Waals surface area contributed by atoms with Crippen LogP contribution in [0.1, 0.15) is 13.3 Å². The molecule has 0 fully saturated rings. The van der Waals surface area contributed by atoms with Gasteiger partial charge in [-0.3, -0.25) is 0 Å². The number of primary amides is 1. The second-order valence-electron chi connectivity index (χ2n) is 1.50. The van der Waals surface area contributed by atoms with E-state index in [0.29, 0.717) is 6.42 Å². The predicted octanol–water partition coefficient (Wildman–Crippen LogP) is -0.0557. The lowest BCUT2D eigenvalue weighted by Crippen LogP contribution is -2.25. The van der Waals surface area contributed by atoms with E-state index in [1.54, 1.807) is 13.0 Å². The number of hydrogen-bond donors (Lipinski definition) is 2. The maximum atomic E-state index is 10.0. The van der Waals surface area contributed by atoms with Gasteiger partial charge in [-0.2, -0.15) is 10.4 Å². The predicted molar refractivity (Wildman–Crippen MR) is 36.1 cm³/mol. The van der Waals surface area contributed by atoms with Crippen molar-refractivity contribution in [3.8, 4) is 6.07 Å². The standard InChI is InChI=1S/C5H8N4O/c1-2-4(3-6)8-9-5(7)10/h2H2,1H3,(H3,7,9,10). The zero-order chi connectivity index (χ0) is 7.98. The molecule has 0 heterocycles. The summed E-state index contributed by atoms with van der Waals surface area (Å²) in [6.07, 6.45) is 0.483. The summed E-state index contributed by atoms with van der Waals surface area (Å²) in [5, 5.41) is 11.7. The van der Waals surface area contributed by atoms with E-state index < -0.39 is 6.03 Å². The molecule has 0 atom stereocenters. The summed E-state index contributed by atoms with van der Waals surface area (Å²) in [6.45, 7) is 1.75. The van der Waals surface area contributed by atoms with Crippen molar-refractivity contribution in [3.05, 3.63) is 0 Å². The Morgan fingerprint density at radius 2 is 2.50 bits per heavy atom. The lowest BCUT2D eigenvalue weighted by atomic mass is 10.3. The highest BCUT2D eigenvalue weighted by molar-refractivity contribution is 5.98. The molecule has 10 heavy (non-hydrogen) atoms. The molecular formula is C5H8N4O. The van der Waals surface area contributed by atoms with Crippen LogP contribution in [0.2, 0.25) is 0 Å². The number of amides is 2. The zero-order valence-electron chi connectivity index (χ0n) is 5.59. The summed E-state index contributed by atoms with van der Waals surface area (Å²) < 4.78 is 0. The van der Waals surface area contributed by atoms with Crippen molar-refractivity contribution in [1.29, 1.82) is 5.26 Å². The van der Waals surface area contributed by atoms with Gasteiger partial charge in [-0.15, -0.1) is 0 Å². The van der Waals surface area contributed by atoms with E-state index in [-0.39, 0.29) is 5.71 Å². The van der Waals surface area contributed by atoms with Crippen LogP contribution in [0, 0.1) is 11.3 Å². The molecule has 0 rings (SSSR count). The highest BCUT2D eigenvalue weighted by Gasteiger charge is 1.92. The van der Waals surface area contributed by atoms with Crippen molar-refractivity contribution in [1.82, 2.24) is 5.43 Å². The Labute approximate surface area is 58.5 Å². The molecule has 5 nitrogen and oxygen atoms in total. The van der Waals surface area contributed by atoms with Gasteiger partial charge in [0.2, 0.25) is 0 Å². The minimum Gasteiger partial charge on any atom is -0.350 e. The Kier molecular flexibility index (Phi) is 3.64. The van der Waals surface area contributed by atoms with Crippen molar-refractivity contribution >= 4 is 11.7 Å². The number of nitrogens with zero attached hydrogens (tertiary/aromatic N) is 2. The van der Waals surface area contributed by atoms with Crippen LogP contribution in [-0.4, -0.2) is 11.7 Å². The fourth-order valence-electron chi connectivity index (χ4n) is 0.306. The first-order valence-corrected chi connectivity index (χ1v) is 2.72. The van der Waals surface area contributed by atoms with Gasteiger partial charge < -0.3 is 5.73 Å². The Bertz CT molecular complexity index is 190. The van der Waals surface area contributed by atoms with Crippen LogP contribution in [0.4, 0.5) is 4.79 Å². The molecule has 54 valence electrons. The van der Waals surface area contributed by atoms with E-state index in [0.717, 1.165) is 0 Å². The van der Waals surface area contributed by atoms with E-state index in [9.17, 15) is 4.79 Å². The van der Waals surface area contributed by atoms with Crippen LogP contribution >= 0.6 is 0 Å². The second-order valence-corrected chi connectivity index (χ2v) is 1.50. The monoisotopic (exact) mass is 140 g/mol. The zero-order valence-corrected chi connectivity index (χ0v) is 5.59. The number of hydrogen-bond acceptors (Lipinski definition) is 3. The molecule has 0 aromatic carbocycles. The van der Waals surface area contributed by atoms with E-state index in [1.165, 1.54) is 0 Å². The molecule has 0 aliphatic rings. The van der Waals surface area contributed by atoms with Gasteiger partial charge in [0, 0.05) is 0 Å². The third kappa shape index (κ3) is 3.43. The molecule has 5 heteroatoms. The Balaban J connectivity index is 3.90. The van der Waals surface area contributed by atoms with E-state index in [4.69, 9.17) is 5.26 Å². The topological polar surface area (TPSA) is 91.3 Å². The molecule has 0 aromatic heterocycles. The summed E-state index contributed by atoms with van der Waals surface area (Å²) in [5.74, 6) is 0. The highest BCUT2D eigenvalue weighted by Crippen LogP contribution is 1.80. The van der Waals surface area contributed by atoms with E-state index >= 15 is 0 Å². The molecule has 0 spiro atoms. The first-order chi connectivity index (χ1) is 4.70. The lowest BCUT2D eigenvalue weighted by Gasteiger charge is -1.91. The van der Waals surface area contributed by atoms with Gasteiger partial charge >= 0.3 is 6.03 Å². The van der Waals surface area contributed by atoms with Crippen molar-refractivity contribution in [3.63, 3.8) is 0 Å². The second kappa shape index (κ2) is 4.32. The summed E-state index contributed by atoms with van der Waals surface area (Å²) >= 11 is 0. The van der Waals surface area contributed by atoms with Gasteiger partial charge in [-0.25, -0.2) is 10.2 Å². The van der Waals surface area contributed by atoms with Crippen molar-refractivity contribution in [2.45, 2.75) is 13.3 Å². The molecule has 3 N–H and O–H groups in total. The van der Waals surface area contributed by atoms with Crippen molar-refractivity contribution in [2.24, 2.45) is 10.8 Å². The van der Waals surface area contributed by atoms with Crippen LogP contribution in [0.5, 0.6) is 0 Å². The van der Waals surface area contributed by atoms with Gasteiger partial charge in [0.05, 0.1) is 0 Å². The normalized spacial score (nSPS) is 10.2. The Morgan fingerprint density at radius 3 is 2.80 bits per heavy atom. The summed E-state index contributed by atoms with van der Waals surface area (Å²) in [7, 11) is 0. The number of carbonyl (C=O) groups excluding carboxylic acids is 1. The fraction of sp³-hybridized carbons (Fsp3) is 0.400. The lowest BCUT2D eigenvalue weighted by molar-refractivity contribution is 0.249. The molecule has 0 saturated carbocycles. The molecule has 0 radical (unpaired) electrons. The molecule has 0 unspecified atom stereocenters. The van der Waals surface area contributed by atoms with Crippen LogP contribution in [0.25, 0.3) is 0 Å². The van der Waals surface area contributed by atoms with Gasteiger partial charge in [0.25, 0.3) is 0 Å². The smallest absolute Gasteiger partial charge is 0.332 e. The van der Waals surface area contributed by atoms with Crippen molar-refractivity contribution < 1.29 is 4.79 Å². The van der Waals surface area contributed by atoms with E-state index in [1.807, 2.05) is 5.43 Å².